The van der Waals surface area contributed by atoms with Crippen LogP contribution in [0.1, 0.15) is 6.92 Å². The molecule has 0 unspecified atom stereocenters. The molecule has 0 saturated carbocycles. The van der Waals surface area contributed by atoms with Crippen LogP contribution >= 0.6 is 0 Å². The van der Waals surface area contributed by atoms with Gasteiger partial charge in [0.2, 0.25) is 0 Å². The summed E-state index contributed by atoms with van der Waals surface area (Å²) in [6, 6.07) is 1.34. The molecule has 0 bridgehead atoms. The molecule has 0 saturated heterocycles. The van der Waals surface area contributed by atoms with Crippen molar-refractivity contribution < 1.29 is 13.2 Å². The van der Waals surface area contributed by atoms with Crippen molar-refractivity contribution in [2.45, 2.75) is 13.1 Å². The number of nitrogens with zero attached hydrogens (tertiary/aromatic N) is 1. The highest BCUT2D eigenvalue weighted by molar-refractivity contribution is 5.45. The second kappa shape index (κ2) is 3.30. The average Bonchev–Trinajstić information content (AvgIpc) is 1.86. The minimum atomic E-state index is -4.59. The van der Waals surface area contributed by atoms with E-state index < -0.39 is 17.3 Å². The zero-order chi connectivity index (χ0) is 9.94. The number of hydrogen-bond donors (Lipinski definition) is 1. The van der Waals surface area contributed by atoms with Gasteiger partial charge in [-0.1, -0.05) is 6.58 Å². The molecule has 12 heavy (non-hydrogen) atoms. The quantitative estimate of drug-likeness (QED) is 0.489. The third-order valence-electron chi connectivity index (χ3n) is 1.15. The van der Waals surface area contributed by atoms with E-state index in [1.807, 2.05) is 0 Å². The summed E-state index contributed by atoms with van der Waals surface area (Å²) in [6.07, 6.45) is -4.59. The third kappa shape index (κ3) is 2.31. The lowest BCUT2D eigenvalue weighted by Gasteiger charge is -2.09. The highest BCUT2D eigenvalue weighted by Gasteiger charge is 2.34. The molecule has 0 amide bonds. The van der Waals surface area contributed by atoms with E-state index in [-0.39, 0.29) is 5.70 Å². The van der Waals surface area contributed by atoms with Crippen LogP contribution < -0.4 is 5.73 Å². The molecule has 0 aliphatic rings. The van der Waals surface area contributed by atoms with Crippen LogP contribution in [0.2, 0.25) is 0 Å². The number of halogens is 3. The Morgan fingerprint density at radius 3 is 2.00 bits per heavy atom. The van der Waals surface area contributed by atoms with Gasteiger partial charge in [-0.15, -0.1) is 0 Å². The van der Waals surface area contributed by atoms with Gasteiger partial charge in [-0.3, -0.25) is 0 Å². The minimum absolute atomic E-state index is 0.181. The van der Waals surface area contributed by atoms with Crippen molar-refractivity contribution in [1.82, 2.24) is 0 Å². The minimum Gasteiger partial charge on any atom is -0.401 e. The monoisotopic (exact) mass is 176 g/mol. The molecule has 0 fully saturated rings. The van der Waals surface area contributed by atoms with Gasteiger partial charge in [0.05, 0.1) is 11.1 Å². The maximum Gasteiger partial charge on any atom is 0.417 e. The number of rotatable bonds is 1. The third-order valence-corrected chi connectivity index (χ3v) is 1.15. The van der Waals surface area contributed by atoms with Crippen molar-refractivity contribution in [3.8, 4) is 6.07 Å². The summed E-state index contributed by atoms with van der Waals surface area (Å²) in [6.45, 7) is 3.95. The fourth-order valence-electron chi connectivity index (χ4n) is 0.535. The molecule has 0 aromatic rings. The Kier molecular flexibility index (Phi) is 2.91. The van der Waals surface area contributed by atoms with Gasteiger partial charge in [-0.05, 0) is 6.92 Å². The highest BCUT2D eigenvalue weighted by atomic mass is 19.4. The van der Waals surface area contributed by atoms with Gasteiger partial charge >= 0.3 is 6.18 Å². The molecule has 66 valence electrons. The fraction of sp³-hybridized carbons (Fsp3) is 0.286. The average molecular weight is 176 g/mol. The van der Waals surface area contributed by atoms with E-state index in [0.29, 0.717) is 0 Å². The van der Waals surface area contributed by atoms with Crippen molar-refractivity contribution in [2.75, 3.05) is 0 Å². The van der Waals surface area contributed by atoms with Crippen LogP contribution in [-0.2, 0) is 0 Å². The molecule has 0 radical (unpaired) electrons. The predicted molar refractivity (Wildman–Crippen MR) is 37.7 cm³/mol. The van der Waals surface area contributed by atoms with Gasteiger partial charge in [0.15, 0.2) is 0 Å². The molecule has 0 aliphatic heterocycles. The SMILES string of the molecule is C=C(/C(C#N)=C(/C)N)C(F)(F)F. The second-order valence-electron chi connectivity index (χ2n) is 2.15. The van der Waals surface area contributed by atoms with E-state index >= 15 is 0 Å². The first kappa shape index (κ1) is 10.6. The molecule has 0 aromatic carbocycles. The van der Waals surface area contributed by atoms with Crippen LogP contribution in [0.25, 0.3) is 0 Å². The number of alkyl halides is 3. The van der Waals surface area contributed by atoms with Crippen LogP contribution in [0.4, 0.5) is 13.2 Å². The molecule has 0 rings (SSSR count). The molecular weight excluding hydrogens is 169 g/mol. The number of nitriles is 1. The first-order valence-electron chi connectivity index (χ1n) is 2.93. The molecule has 2 nitrogen and oxygen atoms in total. The second-order valence-corrected chi connectivity index (χ2v) is 2.15. The maximum atomic E-state index is 11.9. The van der Waals surface area contributed by atoms with E-state index in [9.17, 15) is 13.2 Å². The van der Waals surface area contributed by atoms with Crippen molar-refractivity contribution in [2.24, 2.45) is 5.73 Å². The van der Waals surface area contributed by atoms with Crippen LogP contribution in [0.15, 0.2) is 23.4 Å². The Hall–Kier alpha value is -1.44. The first-order valence-corrected chi connectivity index (χ1v) is 2.93. The van der Waals surface area contributed by atoms with Gasteiger partial charge in [-0.25, -0.2) is 0 Å². The molecule has 0 aromatic heterocycles. The first-order chi connectivity index (χ1) is 5.30. The summed E-state index contributed by atoms with van der Waals surface area (Å²) < 4.78 is 35.7. The zero-order valence-corrected chi connectivity index (χ0v) is 6.37. The van der Waals surface area contributed by atoms with Gasteiger partial charge in [0.1, 0.15) is 6.07 Å². The lowest BCUT2D eigenvalue weighted by atomic mass is 10.1. The van der Waals surface area contributed by atoms with Crippen molar-refractivity contribution in [1.29, 1.82) is 5.26 Å². The summed E-state index contributed by atoms with van der Waals surface area (Å²) in [5.74, 6) is 0. The Morgan fingerprint density at radius 1 is 1.50 bits per heavy atom. The number of hydrogen-bond acceptors (Lipinski definition) is 2. The van der Waals surface area contributed by atoms with Crippen LogP contribution in [0.5, 0.6) is 0 Å². The summed E-state index contributed by atoms with van der Waals surface area (Å²) >= 11 is 0. The van der Waals surface area contributed by atoms with Crippen molar-refractivity contribution >= 4 is 0 Å². The fourth-order valence-corrected chi connectivity index (χ4v) is 0.535. The maximum absolute atomic E-state index is 11.9. The lowest BCUT2D eigenvalue weighted by molar-refractivity contribution is -0.0886. The summed E-state index contributed by atoms with van der Waals surface area (Å²) in [4.78, 5) is 0. The van der Waals surface area contributed by atoms with E-state index in [2.05, 4.69) is 6.58 Å². The number of nitrogens with two attached hydrogens (primary N) is 1. The smallest absolute Gasteiger partial charge is 0.401 e. The molecular formula is C7H7F3N2. The van der Waals surface area contributed by atoms with E-state index in [0.717, 1.165) is 0 Å². The van der Waals surface area contributed by atoms with Crippen LogP contribution in [0, 0.1) is 11.3 Å². The molecule has 0 atom stereocenters. The van der Waals surface area contributed by atoms with Gasteiger partial charge in [0, 0.05) is 5.70 Å². The van der Waals surface area contributed by atoms with Gasteiger partial charge < -0.3 is 5.73 Å². The standard InChI is InChI=1S/C7H7F3N2/c1-4(7(8,9)10)6(3-11)5(2)12/h1,12H2,2H3/b6-5-. The Balaban J connectivity index is 4.98. The van der Waals surface area contributed by atoms with Gasteiger partial charge in [-0.2, -0.15) is 18.4 Å². The topological polar surface area (TPSA) is 49.8 Å². The van der Waals surface area contributed by atoms with E-state index in [4.69, 9.17) is 11.0 Å². The number of allylic oxidation sites excluding steroid dienone is 3. The molecule has 0 heterocycles. The van der Waals surface area contributed by atoms with Crippen LogP contribution in [-0.4, -0.2) is 6.18 Å². The normalized spacial score (nSPS) is 13.2. The van der Waals surface area contributed by atoms with E-state index in [1.54, 1.807) is 0 Å². The van der Waals surface area contributed by atoms with Crippen LogP contribution in [0.3, 0.4) is 0 Å². The highest BCUT2D eigenvalue weighted by Crippen LogP contribution is 2.29. The summed E-state index contributed by atoms with van der Waals surface area (Å²) in [5, 5.41) is 8.28. The van der Waals surface area contributed by atoms with E-state index in [1.165, 1.54) is 13.0 Å². The lowest BCUT2D eigenvalue weighted by Crippen LogP contribution is -2.14. The molecule has 2 N–H and O–H groups in total. The Bertz CT molecular complexity index is 263. The Labute approximate surface area is 67.8 Å². The van der Waals surface area contributed by atoms with Crippen molar-refractivity contribution in [3.05, 3.63) is 23.4 Å². The largest absolute Gasteiger partial charge is 0.417 e. The zero-order valence-electron chi connectivity index (χ0n) is 6.37. The Morgan fingerprint density at radius 2 is 1.92 bits per heavy atom. The molecule has 5 heteroatoms. The molecule has 0 spiro atoms. The molecule has 0 aliphatic carbocycles. The van der Waals surface area contributed by atoms with Crippen molar-refractivity contribution in [3.63, 3.8) is 0 Å². The summed E-state index contributed by atoms with van der Waals surface area (Å²) in [7, 11) is 0. The van der Waals surface area contributed by atoms with Gasteiger partial charge in [0.25, 0.3) is 0 Å². The predicted octanol–water partition coefficient (Wildman–Crippen LogP) is 1.86. The summed E-state index contributed by atoms with van der Waals surface area (Å²) in [5.41, 5.74) is 3.05.